The van der Waals surface area contributed by atoms with E-state index in [1.54, 1.807) is 25.1 Å². The molecule has 0 fully saturated rings. The summed E-state index contributed by atoms with van der Waals surface area (Å²) in [6, 6.07) is 4.68. The average Bonchev–Trinajstić information content (AvgIpc) is 2.99. The second-order valence-electron chi connectivity index (χ2n) is 4.82. The molecule has 1 aromatic carbocycles. The third-order valence-corrected chi connectivity index (χ3v) is 5.53. The first-order valence-electron chi connectivity index (χ1n) is 6.30. The third kappa shape index (κ3) is 2.05. The Kier molecular flexibility index (Phi) is 3.34. The average molecular weight is 339 g/mol. The first-order chi connectivity index (χ1) is 10.4. The van der Waals surface area contributed by atoms with Gasteiger partial charge in [0.05, 0.1) is 5.52 Å². The zero-order valence-corrected chi connectivity index (χ0v) is 13.3. The van der Waals surface area contributed by atoms with Crippen molar-refractivity contribution in [2.24, 2.45) is 0 Å². The molecule has 0 saturated heterocycles. The van der Waals surface area contributed by atoms with E-state index < -0.39 is 10.0 Å². The molecule has 0 radical (unpaired) electrons. The number of nitrogens with zero attached hydrogens (tertiary/aromatic N) is 2. The van der Waals surface area contributed by atoms with Gasteiger partial charge in [0, 0.05) is 22.2 Å². The van der Waals surface area contributed by atoms with E-state index in [0.29, 0.717) is 22.2 Å². The molecule has 0 spiro atoms. The Hall–Kier alpha value is -2.12. The second kappa shape index (κ2) is 4.96. The Balaban J connectivity index is 2.38. The lowest BCUT2D eigenvalue weighted by atomic mass is 10.2. The summed E-state index contributed by atoms with van der Waals surface area (Å²) in [7, 11) is -3.93. The predicted octanol–water partition coefficient (Wildman–Crippen LogP) is 2.95. The summed E-state index contributed by atoms with van der Waals surface area (Å²) in [6.45, 7) is 3.07. The van der Waals surface area contributed by atoms with Crippen molar-refractivity contribution in [3.8, 4) is 0 Å². The summed E-state index contributed by atoms with van der Waals surface area (Å²) >= 11 is 5.92. The number of carbonyl (C=O) groups excluding carboxylic acids is 1. The van der Waals surface area contributed by atoms with Gasteiger partial charge < -0.3 is 4.52 Å². The van der Waals surface area contributed by atoms with Crippen molar-refractivity contribution in [2.75, 3.05) is 0 Å². The van der Waals surface area contributed by atoms with Crippen LogP contribution in [0.2, 0.25) is 5.02 Å². The van der Waals surface area contributed by atoms with Crippen molar-refractivity contribution in [1.82, 2.24) is 9.13 Å². The molecule has 0 saturated carbocycles. The van der Waals surface area contributed by atoms with Crippen molar-refractivity contribution < 1.29 is 17.7 Å². The molecule has 0 amide bonds. The number of halogens is 1. The van der Waals surface area contributed by atoms with Crippen LogP contribution in [0.5, 0.6) is 0 Å². The minimum Gasteiger partial charge on any atom is -0.360 e. The summed E-state index contributed by atoms with van der Waals surface area (Å²) in [5.74, 6) is 0.195. The molecule has 22 heavy (non-hydrogen) atoms. The summed E-state index contributed by atoms with van der Waals surface area (Å²) in [5, 5.41) is 4.56. The Morgan fingerprint density at radius 2 is 2.05 bits per heavy atom. The van der Waals surface area contributed by atoms with Gasteiger partial charge in [-0.05, 0) is 32.0 Å². The number of aryl methyl sites for hydroxylation is 2. The molecule has 2 heterocycles. The zero-order chi connectivity index (χ0) is 16.1. The monoisotopic (exact) mass is 338 g/mol. The van der Waals surface area contributed by atoms with E-state index in [2.05, 4.69) is 5.16 Å². The lowest BCUT2D eigenvalue weighted by Gasteiger charge is -2.06. The quantitative estimate of drug-likeness (QED) is 0.686. The van der Waals surface area contributed by atoms with E-state index in [1.807, 2.05) is 0 Å². The normalized spacial score (nSPS) is 12.0. The van der Waals surface area contributed by atoms with Gasteiger partial charge in [0.1, 0.15) is 5.69 Å². The molecule has 0 aliphatic carbocycles. The van der Waals surface area contributed by atoms with Crippen molar-refractivity contribution in [3.05, 3.63) is 46.4 Å². The summed E-state index contributed by atoms with van der Waals surface area (Å²) in [4.78, 5) is 11.2. The van der Waals surface area contributed by atoms with Gasteiger partial charge in [-0.2, -0.15) is 0 Å². The molecule has 0 aliphatic heterocycles. The first kappa shape index (κ1) is 14.8. The molecule has 0 bridgehead atoms. The van der Waals surface area contributed by atoms with Gasteiger partial charge in [0.2, 0.25) is 0 Å². The molecule has 0 N–H and O–H groups in total. The highest BCUT2D eigenvalue weighted by Gasteiger charge is 2.28. The van der Waals surface area contributed by atoms with Crippen LogP contribution >= 0.6 is 11.6 Å². The molecule has 0 atom stereocenters. The number of aldehydes is 1. The standard InChI is InChI=1S/C14H11ClN2O4S/c1-8-14(9(2)21-16-8)22(19,20)17-6-10(7-18)12-5-11(15)3-4-13(12)17/h3-7H,1-2H3. The lowest BCUT2D eigenvalue weighted by molar-refractivity contribution is 0.112. The Bertz CT molecular complexity index is 982. The van der Waals surface area contributed by atoms with Crippen molar-refractivity contribution in [2.45, 2.75) is 18.7 Å². The van der Waals surface area contributed by atoms with Gasteiger partial charge in [-0.1, -0.05) is 16.8 Å². The highest BCUT2D eigenvalue weighted by atomic mass is 35.5. The van der Waals surface area contributed by atoms with Crippen LogP contribution in [0, 0.1) is 13.8 Å². The molecule has 8 heteroatoms. The Labute approximate surface area is 131 Å². The van der Waals surface area contributed by atoms with Gasteiger partial charge in [0.15, 0.2) is 16.9 Å². The SMILES string of the molecule is Cc1noc(C)c1S(=O)(=O)n1cc(C=O)c2cc(Cl)ccc21. The fourth-order valence-electron chi connectivity index (χ4n) is 2.43. The molecular formula is C14H11ClN2O4S. The molecule has 0 aliphatic rings. The number of aromatic nitrogens is 2. The first-order valence-corrected chi connectivity index (χ1v) is 8.12. The number of benzene rings is 1. The number of fused-ring (bicyclic) bond motifs is 1. The smallest absolute Gasteiger partial charge is 0.273 e. The zero-order valence-electron chi connectivity index (χ0n) is 11.7. The molecule has 0 unspecified atom stereocenters. The van der Waals surface area contributed by atoms with E-state index in [0.717, 1.165) is 3.97 Å². The van der Waals surface area contributed by atoms with Crippen LogP contribution in [0.3, 0.4) is 0 Å². The van der Waals surface area contributed by atoms with Crippen LogP contribution in [0.1, 0.15) is 21.8 Å². The number of hydrogen-bond donors (Lipinski definition) is 0. The third-order valence-electron chi connectivity index (χ3n) is 3.38. The molecule has 3 aromatic rings. The van der Waals surface area contributed by atoms with E-state index in [9.17, 15) is 13.2 Å². The van der Waals surface area contributed by atoms with Crippen molar-refractivity contribution >= 4 is 38.8 Å². The summed E-state index contributed by atoms with van der Waals surface area (Å²) < 4.78 is 31.7. The maximum atomic E-state index is 12.9. The molecule has 3 rings (SSSR count). The van der Waals surface area contributed by atoms with Gasteiger partial charge in [0.25, 0.3) is 10.0 Å². The molecule has 2 aromatic heterocycles. The summed E-state index contributed by atoms with van der Waals surface area (Å²) in [5.41, 5.74) is 0.875. The highest BCUT2D eigenvalue weighted by molar-refractivity contribution is 7.90. The maximum Gasteiger partial charge on any atom is 0.273 e. The Morgan fingerprint density at radius 3 is 2.64 bits per heavy atom. The summed E-state index contributed by atoms with van der Waals surface area (Å²) in [6.07, 6.45) is 1.87. The van der Waals surface area contributed by atoms with Crippen molar-refractivity contribution in [3.63, 3.8) is 0 Å². The minimum atomic E-state index is -3.93. The van der Waals surface area contributed by atoms with Gasteiger partial charge >= 0.3 is 0 Å². The Morgan fingerprint density at radius 1 is 1.32 bits per heavy atom. The van der Waals surface area contributed by atoms with E-state index in [4.69, 9.17) is 16.1 Å². The number of carbonyl (C=O) groups is 1. The van der Waals surface area contributed by atoms with Crippen LogP contribution in [-0.2, 0) is 10.0 Å². The van der Waals surface area contributed by atoms with Crippen LogP contribution < -0.4 is 0 Å². The van der Waals surface area contributed by atoms with Crippen molar-refractivity contribution in [1.29, 1.82) is 0 Å². The predicted molar refractivity (Wildman–Crippen MR) is 80.9 cm³/mol. The fourth-order valence-corrected chi connectivity index (χ4v) is 4.28. The number of hydrogen-bond acceptors (Lipinski definition) is 5. The highest BCUT2D eigenvalue weighted by Crippen LogP contribution is 2.29. The molecular weight excluding hydrogens is 328 g/mol. The van der Waals surface area contributed by atoms with Gasteiger partial charge in [-0.15, -0.1) is 0 Å². The number of rotatable bonds is 3. The van der Waals surface area contributed by atoms with E-state index in [1.165, 1.54) is 13.1 Å². The minimum absolute atomic E-state index is 0.00296. The van der Waals surface area contributed by atoms with Crippen LogP contribution in [0.15, 0.2) is 33.8 Å². The molecule has 6 nitrogen and oxygen atoms in total. The molecule has 114 valence electrons. The largest absolute Gasteiger partial charge is 0.360 e. The van der Waals surface area contributed by atoms with E-state index in [-0.39, 0.29) is 21.9 Å². The van der Waals surface area contributed by atoms with Crippen LogP contribution in [0.4, 0.5) is 0 Å². The fraction of sp³-hybridized carbons (Fsp3) is 0.143. The van der Waals surface area contributed by atoms with Gasteiger partial charge in [-0.3, -0.25) is 4.79 Å². The van der Waals surface area contributed by atoms with E-state index >= 15 is 0 Å². The topological polar surface area (TPSA) is 82.2 Å². The maximum absolute atomic E-state index is 12.9. The van der Waals surface area contributed by atoms with Gasteiger partial charge in [-0.25, -0.2) is 12.4 Å². The lowest BCUT2D eigenvalue weighted by Crippen LogP contribution is -2.13. The second-order valence-corrected chi connectivity index (χ2v) is 7.01. The van der Waals surface area contributed by atoms with Crippen LogP contribution in [-0.4, -0.2) is 23.8 Å². The van der Waals surface area contributed by atoms with Crippen LogP contribution in [0.25, 0.3) is 10.9 Å².